The number of rotatable bonds is 9. The molecule has 0 radical (unpaired) electrons. The molecule has 156 valence electrons. The number of thioether (sulfide) groups is 1. The van der Waals surface area contributed by atoms with E-state index < -0.39 is 0 Å². The number of likely N-dealkylation sites (N-methyl/N-ethyl adjacent to an activating group) is 1. The molecule has 1 saturated heterocycles. The first-order chi connectivity index (χ1) is 13.5. The number of hydrogen-bond donors (Lipinski definition) is 1. The highest BCUT2D eigenvalue weighted by Crippen LogP contribution is 2.20. The molecule has 1 unspecified atom stereocenters. The van der Waals surface area contributed by atoms with E-state index in [0.717, 1.165) is 56.0 Å². The normalized spacial score (nSPS) is 17.1. The van der Waals surface area contributed by atoms with Gasteiger partial charge >= 0.3 is 0 Å². The molecule has 1 aromatic rings. The average Bonchev–Trinajstić information content (AvgIpc) is 3.15. The number of halogens is 1. The fourth-order valence-corrected chi connectivity index (χ4v) is 3.75. The highest BCUT2D eigenvalue weighted by molar-refractivity contribution is 7.99. The third-order valence-corrected chi connectivity index (χ3v) is 5.74. The first-order valence-corrected chi connectivity index (χ1v) is 11.1. The number of carbonyl (C=O) groups excluding carboxylic acids is 1. The number of likely N-dealkylation sites (tertiary alicyclic amines) is 1. The Hall–Kier alpha value is -1.44. The van der Waals surface area contributed by atoms with Crippen LogP contribution in [-0.4, -0.2) is 80.9 Å². The van der Waals surface area contributed by atoms with Gasteiger partial charge in [-0.05, 0) is 37.6 Å². The zero-order valence-corrected chi connectivity index (χ0v) is 18.6. The Morgan fingerprint density at radius 1 is 1.39 bits per heavy atom. The van der Waals surface area contributed by atoms with Crippen molar-refractivity contribution in [2.75, 3.05) is 59.2 Å². The van der Waals surface area contributed by atoms with Crippen molar-refractivity contribution in [2.24, 2.45) is 10.9 Å². The quantitative estimate of drug-likeness (QED) is 0.285. The van der Waals surface area contributed by atoms with Crippen molar-refractivity contribution in [2.45, 2.75) is 18.2 Å². The van der Waals surface area contributed by atoms with Gasteiger partial charge in [0.05, 0.1) is 6.61 Å². The van der Waals surface area contributed by atoms with Crippen LogP contribution < -0.4 is 5.32 Å². The van der Waals surface area contributed by atoms with E-state index in [1.807, 2.05) is 31.2 Å². The summed E-state index contributed by atoms with van der Waals surface area (Å²) in [6, 6.07) is 7.85. The maximum atomic E-state index is 11.9. The van der Waals surface area contributed by atoms with E-state index in [2.05, 4.69) is 15.2 Å². The fraction of sp³-hybridized carbons (Fsp3) is 0.600. The van der Waals surface area contributed by atoms with E-state index in [9.17, 15) is 4.79 Å². The lowest BCUT2D eigenvalue weighted by molar-refractivity contribution is -0.127. The molecule has 1 atom stereocenters. The smallest absolute Gasteiger partial charge is 0.243 e. The van der Waals surface area contributed by atoms with Gasteiger partial charge in [0.25, 0.3) is 0 Å². The van der Waals surface area contributed by atoms with E-state index in [0.29, 0.717) is 5.92 Å². The zero-order chi connectivity index (χ0) is 20.4. The molecule has 1 N–H and O–H groups in total. The Morgan fingerprint density at radius 2 is 2.14 bits per heavy atom. The molecule has 0 aliphatic carbocycles. The molecule has 1 fully saturated rings. The van der Waals surface area contributed by atoms with Crippen LogP contribution in [0.5, 0.6) is 0 Å². The van der Waals surface area contributed by atoms with Crippen molar-refractivity contribution < 1.29 is 9.53 Å². The van der Waals surface area contributed by atoms with Gasteiger partial charge in [-0.1, -0.05) is 11.6 Å². The summed E-state index contributed by atoms with van der Waals surface area (Å²) in [4.78, 5) is 21.5. The minimum atomic E-state index is -0.0000903. The van der Waals surface area contributed by atoms with E-state index in [1.54, 1.807) is 30.8 Å². The molecular formula is C20H31ClN4O2S. The Balaban J connectivity index is 1.87. The molecule has 28 heavy (non-hydrogen) atoms. The summed E-state index contributed by atoms with van der Waals surface area (Å²) in [7, 11) is 3.50. The van der Waals surface area contributed by atoms with Crippen molar-refractivity contribution in [1.29, 1.82) is 0 Å². The standard InChI is InChI=1S/C20H31ClN4O2S/c1-4-27-15-16-9-11-25(14-16)20(23-13-19(26)24(2)3)22-10-12-28-18-7-5-17(21)6-8-18/h5-8,16H,4,9-15H2,1-3H3,(H,22,23). The highest BCUT2D eigenvalue weighted by Gasteiger charge is 2.25. The third kappa shape index (κ3) is 7.89. The van der Waals surface area contributed by atoms with Crippen molar-refractivity contribution in [3.8, 4) is 0 Å². The fourth-order valence-electron chi connectivity index (χ4n) is 2.86. The second kappa shape index (κ2) is 12.2. The Kier molecular flexibility index (Phi) is 9.95. The van der Waals surface area contributed by atoms with Crippen LogP contribution in [0.4, 0.5) is 0 Å². The van der Waals surface area contributed by atoms with Crippen LogP contribution >= 0.6 is 23.4 Å². The van der Waals surface area contributed by atoms with Crippen LogP contribution in [0, 0.1) is 5.92 Å². The van der Waals surface area contributed by atoms with Gasteiger partial charge in [-0.3, -0.25) is 4.79 Å². The molecule has 1 amide bonds. The van der Waals surface area contributed by atoms with Crippen LogP contribution in [0.2, 0.25) is 5.02 Å². The number of benzene rings is 1. The van der Waals surface area contributed by atoms with E-state index in [4.69, 9.17) is 16.3 Å². The minimum absolute atomic E-state index is 0.0000903. The second-order valence-electron chi connectivity index (χ2n) is 6.92. The number of amides is 1. The lowest BCUT2D eigenvalue weighted by Crippen LogP contribution is -2.42. The predicted molar refractivity (Wildman–Crippen MR) is 117 cm³/mol. The summed E-state index contributed by atoms with van der Waals surface area (Å²) in [5, 5.41) is 4.18. The Bertz CT molecular complexity index is 640. The van der Waals surface area contributed by atoms with E-state index in [1.165, 1.54) is 4.90 Å². The molecule has 1 heterocycles. The number of hydrogen-bond acceptors (Lipinski definition) is 4. The van der Waals surface area contributed by atoms with Gasteiger partial charge in [0.15, 0.2) is 5.96 Å². The largest absolute Gasteiger partial charge is 0.381 e. The number of nitrogens with zero attached hydrogens (tertiary/aromatic N) is 3. The van der Waals surface area contributed by atoms with Crippen molar-refractivity contribution in [3.63, 3.8) is 0 Å². The zero-order valence-electron chi connectivity index (χ0n) is 17.0. The molecule has 0 bridgehead atoms. The van der Waals surface area contributed by atoms with Crippen LogP contribution in [0.3, 0.4) is 0 Å². The SMILES string of the molecule is CCOCC1CCN(C(=NCC(=O)N(C)C)NCCSc2ccc(Cl)cc2)C1. The Labute approximate surface area is 177 Å². The van der Waals surface area contributed by atoms with Crippen molar-refractivity contribution in [3.05, 3.63) is 29.3 Å². The molecule has 1 aliphatic heterocycles. The van der Waals surface area contributed by atoms with Crippen LogP contribution in [0.15, 0.2) is 34.2 Å². The molecule has 0 saturated carbocycles. The summed E-state index contributed by atoms with van der Waals surface area (Å²) in [6.45, 7) is 6.32. The monoisotopic (exact) mass is 426 g/mol. The lowest BCUT2D eigenvalue weighted by Gasteiger charge is -2.22. The third-order valence-electron chi connectivity index (χ3n) is 4.47. The summed E-state index contributed by atoms with van der Waals surface area (Å²) >= 11 is 7.70. The molecule has 0 spiro atoms. The van der Waals surface area contributed by atoms with Crippen LogP contribution in [0.25, 0.3) is 0 Å². The van der Waals surface area contributed by atoms with Crippen LogP contribution in [0.1, 0.15) is 13.3 Å². The topological polar surface area (TPSA) is 57.2 Å². The van der Waals surface area contributed by atoms with Gasteiger partial charge in [0.1, 0.15) is 6.54 Å². The first-order valence-electron chi connectivity index (χ1n) is 9.69. The van der Waals surface area contributed by atoms with Gasteiger partial charge in [-0.25, -0.2) is 4.99 Å². The predicted octanol–water partition coefficient (Wildman–Crippen LogP) is 2.82. The molecule has 8 heteroatoms. The molecule has 1 aliphatic rings. The number of aliphatic imine (C=N–C) groups is 1. The summed E-state index contributed by atoms with van der Waals surface area (Å²) in [6.07, 6.45) is 1.09. The van der Waals surface area contributed by atoms with Gasteiger partial charge in [0.2, 0.25) is 5.91 Å². The van der Waals surface area contributed by atoms with Gasteiger partial charge in [-0.2, -0.15) is 0 Å². The summed E-state index contributed by atoms with van der Waals surface area (Å²) < 4.78 is 5.57. The van der Waals surface area contributed by atoms with E-state index >= 15 is 0 Å². The summed E-state index contributed by atoms with van der Waals surface area (Å²) in [5.41, 5.74) is 0. The van der Waals surface area contributed by atoms with E-state index in [-0.39, 0.29) is 12.5 Å². The van der Waals surface area contributed by atoms with Crippen molar-refractivity contribution in [1.82, 2.24) is 15.1 Å². The maximum Gasteiger partial charge on any atom is 0.243 e. The molecular weight excluding hydrogens is 396 g/mol. The maximum absolute atomic E-state index is 11.9. The minimum Gasteiger partial charge on any atom is -0.381 e. The summed E-state index contributed by atoms with van der Waals surface area (Å²) in [5.74, 6) is 2.23. The number of carbonyl (C=O) groups is 1. The Morgan fingerprint density at radius 3 is 2.82 bits per heavy atom. The molecule has 2 rings (SSSR count). The second-order valence-corrected chi connectivity index (χ2v) is 8.52. The molecule has 1 aromatic carbocycles. The van der Waals surface area contributed by atoms with Crippen molar-refractivity contribution >= 4 is 35.2 Å². The average molecular weight is 427 g/mol. The number of ether oxygens (including phenoxy) is 1. The lowest BCUT2D eigenvalue weighted by atomic mass is 10.1. The first kappa shape index (κ1) is 22.8. The molecule has 0 aromatic heterocycles. The number of guanidine groups is 1. The number of nitrogens with one attached hydrogen (secondary N) is 1. The van der Waals surface area contributed by atoms with Gasteiger partial charge in [-0.15, -0.1) is 11.8 Å². The molecule has 6 nitrogen and oxygen atoms in total. The van der Waals surface area contributed by atoms with Crippen LogP contribution in [-0.2, 0) is 9.53 Å². The van der Waals surface area contributed by atoms with Gasteiger partial charge < -0.3 is 19.9 Å². The highest BCUT2D eigenvalue weighted by atomic mass is 35.5. The van der Waals surface area contributed by atoms with Gasteiger partial charge in [0, 0.05) is 61.9 Å².